The number of amides is 1. The van der Waals surface area contributed by atoms with Crippen LogP contribution in [0.3, 0.4) is 0 Å². The summed E-state index contributed by atoms with van der Waals surface area (Å²) in [6, 6.07) is 10.5. The summed E-state index contributed by atoms with van der Waals surface area (Å²) >= 11 is 1.71. The number of benzene rings is 1. The van der Waals surface area contributed by atoms with Crippen molar-refractivity contribution in [3.63, 3.8) is 0 Å². The van der Waals surface area contributed by atoms with Gasteiger partial charge < -0.3 is 5.32 Å². The number of nitrogens with zero attached hydrogens (tertiary/aromatic N) is 1. The van der Waals surface area contributed by atoms with Gasteiger partial charge in [-0.05, 0) is 55.7 Å². The molecule has 0 bridgehead atoms. The average Bonchev–Trinajstić information content (AvgIpc) is 3.11. The number of thiophene rings is 1. The van der Waals surface area contributed by atoms with E-state index in [1.165, 1.54) is 42.5 Å². The Hall–Kier alpha value is -2.20. The molecule has 1 saturated carbocycles. The molecule has 4 rings (SSSR count). The standard InChI is InChI=1S/C24H28N2OS/c27-23(26-19-13-5-2-6-14-19)22-20-15-7-8-16-21(20)28-24(22)25-17-9-12-18-10-3-1-4-11-18/h1,3-4,9-12,17,19H,2,5-8,13-16H2,(H,26,27)/b12-9+,25-17?. The van der Waals surface area contributed by atoms with Crippen molar-refractivity contribution in [2.24, 2.45) is 4.99 Å². The van der Waals surface area contributed by atoms with Crippen molar-refractivity contribution in [1.29, 1.82) is 0 Å². The molecule has 0 unspecified atom stereocenters. The van der Waals surface area contributed by atoms with Crippen LogP contribution in [0.25, 0.3) is 6.08 Å². The van der Waals surface area contributed by atoms with Gasteiger partial charge in [-0.3, -0.25) is 4.79 Å². The van der Waals surface area contributed by atoms with Crippen molar-refractivity contribution in [1.82, 2.24) is 5.32 Å². The smallest absolute Gasteiger partial charge is 0.254 e. The molecule has 146 valence electrons. The molecule has 2 aliphatic carbocycles. The molecule has 3 nitrogen and oxygen atoms in total. The first-order valence-corrected chi connectivity index (χ1v) is 11.3. The van der Waals surface area contributed by atoms with Gasteiger partial charge in [0.15, 0.2) is 0 Å². The first kappa shape index (κ1) is 19.1. The van der Waals surface area contributed by atoms with E-state index >= 15 is 0 Å². The van der Waals surface area contributed by atoms with Crippen molar-refractivity contribution in [3.05, 3.63) is 58.0 Å². The van der Waals surface area contributed by atoms with Gasteiger partial charge in [0.2, 0.25) is 0 Å². The Labute approximate surface area is 171 Å². The van der Waals surface area contributed by atoms with E-state index in [-0.39, 0.29) is 5.91 Å². The van der Waals surface area contributed by atoms with Crippen LogP contribution in [0.4, 0.5) is 5.00 Å². The molecule has 1 aromatic heterocycles. The molecule has 0 radical (unpaired) electrons. The summed E-state index contributed by atoms with van der Waals surface area (Å²) in [7, 11) is 0. The fourth-order valence-corrected chi connectivity index (χ4v) is 5.45. The first-order chi connectivity index (χ1) is 13.8. The normalized spacial score (nSPS) is 17.9. The fraction of sp³-hybridized carbons (Fsp3) is 0.417. The third kappa shape index (κ3) is 4.61. The van der Waals surface area contributed by atoms with Crippen molar-refractivity contribution in [2.75, 3.05) is 0 Å². The predicted octanol–water partition coefficient (Wildman–Crippen LogP) is 6.11. The molecular weight excluding hydrogens is 364 g/mol. The molecule has 0 aliphatic heterocycles. The molecule has 0 saturated heterocycles. The Kier molecular flexibility index (Phi) is 6.38. The second-order valence-corrected chi connectivity index (χ2v) is 8.83. The molecule has 1 N–H and O–H groups in total. The van der Waals surface area contributed by atoms with E-state index < -0.39 is 0 Å². The van der Waals surface area contributed by atoms with Crippen LogP contribution in [-0.2, 0) is 12.8 Å². The van der Waals surface area contributed by atoms with Gasteiger partial charge in [0.1, 0.15) is 5.00 Å². The Morgan fingerprint density at radius 3 is 2.64 bits per heavy atom. The minimum Gasteiger partial charge on any atom is -0.349 e. The monoisotopic (exact) mass is 392 g/mol. The SMILES string of the molecule is O=C(NC1CCCCC1)c1c(N=C/C=C/c2ccccc2)sc2c1CCCC2. The van der Waals surface area contributed by atoms with E-state index in [0.717, 1.165) is 41.8 Å². The van der Waals surface area contributed by atoms with Crippen molar-refractivity contribution in [3.8, 4) is 0 Å². The predicted molar refractivity (Wildman–Crippen MR) is 119 cm³/mol. The number of rotatable bonds is 5. The summed E-state index contributed by atoms with van der Waals surface area (Å²) in [5.74, 6) is 0.0884. The summed E-state index contributed by atoms with van der Waals surface area (Å²) in [5.41, 5.74) is 3.24. The lowest BCUT2D eigenvalue weighted by Crippen LogP contribution is -2.36. The Balaban J connectivity index is 1.54. The number of hydrogen-bond acceptors (Lipinski definition) is 3. The minimum atomic E-state index is 0.0884. The molecule has 2 aromatic rings. The number of carbonyl (C=O) groups excluding carboxylic acids is 1. The zero-order valence-corrected chi connectivity index (χ0v) is 17.1. The largest absolute Gasteiger partial charge is 0.349 e. The van der Waals surface area contributed by atoms with Gasteiger partial charge >= 0.3 is 0 Å². The maximum Gasteiger partial charge on any atom is 0.254 e. The molecule has 1 heterocycles. The molecule has 1 aromatic carbocycles. The summed E-state index contributed by atoms with van der Waals surface area (Å²) in [5, 5.41) is 4.18. The van der Waals surface area contributed by atoms with Gasteiger partial charge in [-0.1, -0.05) is 55.7 Å². The van der Waals surface area contributed by atoms with E-state index in [0.29, 0.717) is 6.04 Å². The van der Waals surface area contributed by atoms with Crippen LogP contribution in [-0.4, -0.2) is 18.2 Å². The fourth-order valence-electron chi connectivity index (χ4n) is 4.21. The highest BCUT2D eigenvalue weighted by atomic mass is 32.1. The quantitative estimate of drug-likeness (QED) is 0.613. The summed E-state index contributed by atoms with van der Waals surface area (Å²) in [4.78, 5) is 19.2. The van der Waals surface area contributed by atoms with E-state index in [1.807, 2.05) is 36.6 Å². The second kappa shape index (κ2) is 9.33. The summed E-state index contributed by atoms with van der Waals surface area (Å²) in [6.07, 6.45) is 16.3. The third-order valence-electron chi connectivity index (χ3n) is 5.69. The van der Waals surface area contributed by atoms with Crippen LogP contribution in [0, 0.1) is 0 Å². The highest BCUT2D eigenvalue weighted by Crippen LogP contribution is 2.40. The zero-order chi connectivity index (χ0) is 19.2. The molecule has 0 spiro atoms. The number of hydrogen-bond donors (Lipinski definition) is 1. The second-order valence-electron chi connectivity index (χ2n) is 7.75. The van der Waals surface area contributed by atoms with Crippen LogP contribution in [0.1, 0.15) is 71.3 Å². The number of carbonyl (C=O) groups is 1. The highest BCUT2D eigenvalue weighted by molar-refractivity contribution is 7.16. The minimum absolute atomic E-state index is 0.0884. The molecule has 28 heavy (non-hydrogen) atoms. The van der Waals surface area contributed by atoms with Crippen LogP contribution >= 0.6 is 11.3 Å². The maximum atomic E-state index is 13.1. The summed E-state index contributed by atoms with van der Waals surface area (Å²) in [6.45, 7) is 0. The van der Waals surface area contributed by atoms with Gasteiger partial charge in [-0.25, -0.2) is 4.99 Å². The number of aryl methyl sites for hydroxylation is 1. The van der Waals surface area contributed by atoms with Crippen molar-refractivity contribution < 1.29 is 4.79 Å². The molecule has 1 amide bonds. The van der Waals surface area contributed by atoms with E-state index in [9.17, 15) is 4.79 Å². The van der Waals surface area contributed by atoms with Gasteiger partial charge in [0.05, 0.1) is 5.56 Å². The Morgan fingerprint density at radius 1 is 1.04 bits per heavy atom. The molecular formula is C24H28N2OS. The average molecular weight is 393 g/mol. The van der Waals surface area contributed by atoms with Crippen molar-refractivity contribution in [2.45, 2.75) is 63.8 Å². The molecule has 2 aliphatic rings. The number of fused-ring (bicyclic) bond motifs is 1. The van der Waals surface area contributed by atoms with Crippen LogP contribution in [0.2, 0.25) is 0 Å². The van der Waals surface area contributed by atoms with Crippen LogP contribution < -0.4 is 5.32 Å². The maximum absolute atomic E-state index is 13.1. The Morgan fingerprint density at radius 2 is 1.82 bits per heavy atom. The first-order valence-electron chi connectivity index (χ1n) is 10.5. The lowest BCUT2D eigenvalue weighted by molar-refractivity contribution is 0.0927. The van der Waals surface area contributed by atoms with Gasteiger partial charge in [-0.15, -0.1) is 11.3 Å². The van der Waals surface area contributed by atoms with Gasteiger partial charge in [0, 0.05) is 17.1 Å². The zero-order valence-electron chi connectivity index (χ0n) is 16.3. The van der Waals surface area contributed by atoms with E-state index in [1.54, 1.807) is 11.3 Å². The Bertz CT molecular complexity index is 860. The number of aliphatic imine (C=N–C) groups is 1. The number of allylic oxidation sites excluding steroid dienone is 1. The van der Waals surface area contributed by atoms with Gasteiger partial charge in [-0.2, -0.15) is 0 Å². The van der Waals surface area contributed by atoms with Gasteiger partial charge in [0.25, 0.3) is 5.91 Å². The van der Waals surface area contributed by atoms with Crippen LogP contribution in [0.15, 0.2) is 41.4 Å². The van der Waals surface area contributed by atoms with Crippen molar-refractivity contribution >= 4 is 34.5 Å². The summed E-state index contributed by atoms with van der Waals surface area (Å²) < 4.78 is 0. The molecule has 0 atom stereocenters. The molecule has 1 fully saturated rings. The lowest BCUT2D eigenvalue weighted by atomic mass is 9.93. The highest BCUT2D eigenvalue weighted by Gasteiger charge is 2.26. The van der Waals surface area contributed by atoms with E-state index in [4.69, 9.17) is 0 Å². The topological polar surface area (TPSA) is 41.5 Å². The van der Waals surface area contributed by atoms with Crippen LogP contribution in [0.5, 0.6) is 0 Å². The number of nitrogens with one attached hydrogen (secondary N) is 1. The molecule has 4 heteroatoms. The van der Waals surface area contributed by atoms with E-state index in [2.05, 4.69) is 22.4 Å². The lowest BCUT2D eigenvalue weighted by Gasteiger charge is -2.23. The third-order valence-corrected chi connectivity index (χ3v) is 6.89.